The zero-order chi connectivity index (χ0) is 13.7. The van der Waals surface area contributed by atoms with E-state index in [4.69, 9.17) is 9.26 Å². The molecule has 0 aliphatic rings. The Morgan fingerprint density at radius 2 is 2.11 bits per heavy atom. The van der Waals surface area contributed by atoms with Gasteiger partial charge < -0.3 is 14.6 Å². The quantitative estimate of drug-likeness (QED) is 0.867. The Bertz CT molecular complexity index is 515. The maximum Gasteiger partial charge on any atom is 0.138 e. The number of nitrogens with zero attached hydrogens (tertiary/aromatic N) is 1. The van der Waals surface area contributed by atoms with E-state index in [-0.39, 0.29) is 0 Å². The highest BCUT2D eigenvalue weighted by molar-refractivity contribution is 5.28. The van der Waals surface area contributed by atoms with Gasteiger partial charge in [-0.1, -0.05) is 17.3 Å². The van der Waals surface area contributed by atoms with Crippen LogP contribution in [0.25, 0.3) is 0 Å². The summed E-state index contributed by atoms with van der Waals surface area (Å²) in [6.45, 7) is 8.14. The van der Waals surface area contributed by atoms with E-state index < -0.39 is 0 Å². The molecule has 1 aromatic carbocycles. The standard InChI is InChI=1S/C15H20N2O2/c1-4-18-14-7-5-6-13(8-14)9-16-10-15-11(2)17-19-12(15)3/h5-8,16H,4,9-10H2,1-3H3. The van der Waals surface area contributed by atoms with Gasteiger partial charge in [-0.2, -0.15) is 0 Å². The first-order valence-corrected chi connectivity index (χ1v) is 6.55. The number of aryl methyl sites for hydroxylation is 2. The van der Waals surface area contributed by atoms with Crippen molar-refractivity contribution in [3.63, 3.8) is 0 Å². The summed E-state index contributed by atoms with van der Waals surface area (Å²) < 4.78 is 10.6. The smallest absolute Gasteiger partial charge is 0.138 e. The summed E-state index contributed by atoms with van der Waals surface area (Å²) in [6, 6.07) is 8.13. The van der Waals surface area contributed by atoms with Crippen molar-refractivity contribution in [2.45, 2.75) is 33.9 Å². The molecule has 0 bridgehead atoms. The molecule has 1 aromatic heterocycles. The van der Waals surface area contributed by atoms with Crippen LogP contribution in [0.5, 0.6) is 5.75 Å². The van der Waals surface area contributed by atoms with E-state index in [1.54, 1.807) is 0 Å². The van der Waals surface area contributed by atoms with Crippen LogP contribution in [-0.2, 0) is 13.1 Å². The highest BCUT2D eigenvalue weighted by Gasteiger charge is 2.07. The Morgan fingerprint density at radius 3 is 2.79 bits per heavy atom. The van der Waals surface area contributed by atoms with Crippen LogP contribution < -0.4 is 10.1 Å². The third-order valence-corrected chi connectivity index (χ3v) is 3.02. The highest BCUT2D eigenvalue weighted by Crippen LogP contribution is 2.14. The SMILES string of the molecule is CCOc1cccc(CNCc2c(C)noc2C)c1. The second kappa shape index (κ2) is 6.38. The maximum absolute atomic E-state index is 5.48. The lowest BCUT2D eigenvalue weighted by Crippen LogP contribution is -2.13. The van der Waals surface area contributed by atoms with E-state index in [9.17, 15) is 0 Å². The molecule has 1 heterocycles. The van der Waals surface area contributed by atoms with Crippen LogP contribution in [0.2, 0.25) is 0 Å². The van der Waals surface area contributed by atoms with E-state index in [0.717, 1.165) is 35.9 Å². The topological polar surface area (TPSA) is 47.3 Å². The molecule has 1 N–H and O–H groups in total. The molecule has 0 saturated carbocycles. The molecule has 2 rings (SSSR count). The van der Waals surface area contributed by atoms with E-state index in [2.05, 4.69) is 22.6 Å². The van der Waals surface area contributed by atoms with Gasteiger partial charge in [-0.3, -0.25) is 0 Å². The first kappa shape index (κ1) is 13.6. The second-order valence-corrected chi connectivity index (χ2v) is 4.49. The number of hydrogen-bond acceptors (Lipinski definition) is 4. The molecule has 0 saturated heterocycles. The number of nitrogens with one attached hydrogen (secondary N) is 1. The van der Waals surface area contributed by atoms with Crippen molar-refractivity contribution >= 4 is 0 Å². The average Bonchev–Trinajstić information content (AvgIpc) is 2.71. The fourth-order valence-electron chi connectivity index (χ4n) is 2.00. The molecule has 0 fully saturated rings. The minimum absolute atomic E-state index is 0.690. The molecule has 4 heteroatoms. The van der Waals surface area contributed by atoms with Crippen molar-refractivity contribution in [2.24, 2.45) is 0 Å². The number of aromatic nitrogens is 1. The van der Waals surface area contributed by atoms with Crippen molar-refractivity contribution in [2.75, 3.05) is 6.61 Å². The third kappa shape index (κ3) is 3.58. The van der Waals surface area contributed by atoms with Crippen LogP contribution in [0.3, 0.4) is 0 Å². The molecule has 4 nitrogen and oxygen atoms in total. The normalized spacial score (nSPS) is 10.7. The molecule has 0 amide bonds. The molecule has 0 spiro atoms. The molecule has 0 unspecified atom stereocenters. The fraction of sp³-hybridized carbons (Fsp3) is 0.400. The number of ether oxygens (including phenoxy) is 1. The van der Waals surface area contributed by atoms with Gasteiger partial charge in [-0.05, 0) is 38.5 Å². The van der Waals surface area contributed by atoms with Gasteiger partial charge in [-0.15, -0.1) is 0 Å². The Balaban J connectivity index is 1.90. The van der Waals surface area contributed by atoms with E-state index in [0.29, 0.717) is 6.61 Å². The van der Waals surface area contributed by atoms with Gasteiger partial charge in [0.1, 0.15) is 11.5 Å². The summed E-state index contributed by atoms with van der Waals surface area (Å²) in [5, 5.41) is 7.34. The zero-order valence-corrected chi connectivity index (χ0v) is 11.7. The Kier molecular flexibility index (Phi) is 4.58. The predicted octanol–water partition coefficient (Wildman–Crippen LogP) is 2.98. The predicted molar refractivity (Wildman–Crippen MR) is 74.1 cm³/mol. The lowest BCUT2D eigenvalue weighted by molar-refractivity contribution is 0.340. The highest BCUT2D eigenvalue weighted by atomic mass is 16.5. The molecule has 2 aromatic rings. The van der Waals surface area contributed by atoms with Crippen molar-refractivity contribution in [3.05, 3.63) is 46.8 Å². The first-order chi connectivity index (χ1) is 9.20. The lowest BCUT2D eigenvalue weighted by Gasteiger charge is -2.07. The van der Waals surface area contributed by atoms with Crippen molar-refractivity contribution in [3.8, 4) is 5.75 Å². The van der Waals surface area contributed by atoms with Crippen LogP contribution in [0.4, 0.5) is 0 Å². The number of benzene rings is 1. The summed E-state index contributed by atoms with van der Waals surface area (Å²) in [7, 11) is 0. The Morgan fingerprint density at radius 1 is 1.26 bits per heavy atom. The van der Waals surface area contributed by atoms with Gasteiger partial charge in [0.15, 0.2) is 0 Å². The molecule has 0 atom stereocenters. The van der Waals surface area contributed by atoms with Crippen molar-refractivity contribution in [1.29, 1.82) is 0 Å². The van der Waals surface area contributed by atoms with Gasteiger partial charge in [-0.25, -0.2) is 0 Å². The molecular formula is C15H20N2O2. The maximum atomic E-state index is 5.48. The van der Waals surface area contributed by atoms with Crippen LogP contribution in [-0.4, -0.2) is 11.8 Å². The van der Waals surface area contributed by atoms with Gasteiger partial charge in [0.25, 0.3) is 0 Å². The zero-order valence-electron chi connectivity index (χ0n) is 11.7. The minimum atomic E-state index is 0.690. The second-order valence-electron chi connectivity index (χ2n) is 4.49. The van der Waals surface area contributed by atoms with E-state index in [1.807, 2.05) is 32.9 Å². The summed E-state index contributed by atoms with van der Waals surface area (Å²) in [4.78, 5) is 0. The molecule has 0 aliphatic carbocycles. The van der Waals surface area contributed by atoms with Crippen LogP contribution >= 0.6 is 0 Å². The van der Waals surface area contributed by atoms with Crippen LogP contribution in [0.1, 0.15) is 29.5 Å². The fourth-order valence-corrected chi connectivity index (χ4v) is 2.00. The first-order valence-electron chi connectivity index (χ1n) is 6.55. The summed E-state index contributed by atoms with van der Waals surface area (Å²) in [5.74, 6) is 1.80. The van der Waals surface area contributed by atoms with Crippen LogP contribution in [0, 0.1) is 13.8 Å². The van der Waals surface area contributed by atoms with E-state index in [1.165, 1.54) is 5.56 Å². The number of hydrogen-bond donors (Lipinski definition) is 1. The lowest BCUT2D eigenvalue weighted by atomic mass is 10.2. The molecular weight excluding hydrogens is 240 g/mol. The largest absolute Gasteiger partial charge is 0.494 e. The summed E-state index contributed by atoms with van der Waals surface area (Å²) in [5.41, 5.74) is 3.30. The molecule has 0 aliphatic heterocycles. The summed E-state index contributed by atoms with van der Waals surface area (Å²) in [6.07, 6.45) is 0. The molecule has 19 heavy (non-hydrogen) atoms. The number of rotatable bonds is 6. The molecule has 102 valence electrons. The summed E-state index contributed by atoms with van der Waals surface area (Å²) >= 11 is 0. The van der Waals surface area contributed by atoms with Crippen molar-refractivity contribution < 1.29 is 9.26 Å². The monoisotopic (exact) mass is 260 g/mol. The third-order valence-electron chi connectivity index (χ3n) is 3.02. The van der Waals surface area contributed by atoms with Gasteiger partial charge in [0, 0.05) is 18.7 Å². The Labute approximate surface area is 113 Å². The van der Waals surface area contributed by atoms with Gasteiger partial charge in [0.05, 0.1) is 12.3 Å². The van der Waals surface area contributed by atoms with Gasteiger partial charge in [0.2, 0.25) is 0 Å². The average molecular weight is 260 g/mol. The van der Waals surface area contributed by atoms with Crippen molar-refractivity contribution in [1.82, 2.24) is 10.5 Å². The molecule has 0 radical (unpaired) electrons. The minimum Gasteiger partial charge on any atom is -0.494 e. The van der Waals surface area contributed by atoms with E-state index >= 15 is 0 Å². The van der Waals surface area contributed by atoms with Gasteiger partial charge >= 0.3 is 0 Å². The van der Waals surface area contributed by atoms with Crippen LogP contribution in [0.15, 0.2) is 28.8 Å². The Hall–Kier alpha value is -1.81.